The Bertz CT molecular complexity index is 7090. The Hall–Kier alpha value is -13.9. The number of rotatable bonds is 14. The fourth-order valence-electron chi connectivity index (χ4n) is 20.9. The average molecular weight is 1650 g/mol. The maximum absolute atomic E-state index is 6.32. The van der Waals surface area contributed by atoms with Gasteiger partial charge in [0, 0.05) is 140 Å². The van der Waals surface area contributed by atoms with Crippen molar-refractivity contribution in [3.8, 4) is 64.0 Å². The topological polar surface area (TPSA) is 26.1 Å². The van der Waals surface area contributed by atoms with Gasteiger partial charge >= 0.3 is 0 Å². The standard InChI is InChI=1S/C58H44N2OS.C58H44N2S2/c2*1-57(2)48-35-41(59(38-20-10-6-11-21-38)39-22-12-7-13-23-39)28-31-45(48)55-53(57)54-56(62-55)46-32-29-42(36-49(46)58(54,3)4)60(50-26-16-14-24-43(50)37-18-8-5-9-19-37)40-30-33-52-47(34-40)44-25-15-17-27-51(44)61-52/h2*5-36H,1-4H3. The van der Waals surface area contributed by atoms with Crippen LogP contribution in [0.25, 0.3) is 106 Å². The first-order valence-corrected chi connectivity index (χ1v) is 45.5. The van der Waals surface area contributed by atoms with Crippen LogP contribution in [0.1, 0.15) is 99.9 Å². The van der Waals surface area contributed by atoms with E-state index >= 15 is 0 Å². The number of hydrogen-bond donors (Lipinski definition) is 0. The lowest BCUT2D eigenvalue weighted by Gasteiger charge is -2.31. The Kier molecular flexibility index (Phi) is 17.5. The van der Waals surface area contributed by atoms with Crippen LogP contribution < -0.4 is 19.6 Å². The van der Waals surface area contributed by atoms with E-state index in [1.54, 1.807) is 0 Å². The zero-order valence-electron chi connectivity index (χ0n) is 70.4. The second-order valence-electron chi connectivity index (χ2n) is 35.4. The van der Waals surface area contributed by atoms with Gasteiger partial charge in [-0.2, -0.15) is 0 Å². The highest BCUT2D eigenvalue weighted by molar-refractivity contribution is 7.25. The number of benzene rings is 16. The van der Waals surface area contributed by atoms with Gasteiger partial charge in [-0.3, -0.25) is 0 Å². The third-order valence-corrected chi connectivity index (χ3v) is 30.5. The van der Waals surface area contributed by atoms with Gasteiger partial charge in [0.25, 0.3) is 0 Å². The third kappa shape index (κ3) is 11.8. The summed E-state index contributed by atoms with van der Waals surface area (Å²) in [5, 5.41) is 4.84. The van der Waals surface area contributed by atoms with E-state index in [1.165, 1.54) is 146 Å². The molecule has 0 spiro atoms. The summed E-state index contributed by atoms with van der Waals surface area (Å²) in [6.07, 6.45) is 0. The molecule has 596 valence electrons. The molecule has 4 aliphatic rings. The molecular weight excluding hydrogens is 1560 g/mol. The van der Waals surface area contributed by atoms with E-state index < -0.39 is 0 Å². The van der Waals surface area contributed by atoms with Crippen molar-refractivity contribution in [1.29, 1.82) is 0 Å². The zero-order valence-corrected chi connectivity index (χ0v) is 72.8. The molecule has 0 saturated heterocycles. The molecule has 4 aromatic heterocycles. The van der Waals surface area contributed by atoms with Crippen LogP contribution in [0, 0.1) is 0 Å². The molecule has 5 nitrogen and oxygen atoms in total. The molecule has 0 radical (unpaired) electrons. The first-order valence-electron chi connectivity index (χ1n) is 43.0. The molecule has 0 unspecified atom stereocenters. The van der Waals surface area contributed by atoms with Crippen molar-refractivity contribution in [3.63, 3.8) is 0 Å². The van der Waals surface area contributed by atoms with Crippen molar-refractivity contribution < 1.29 is 4.42 Å². The summed E-state index contributed by atoms with van der Waals surface area (Å²) in [5.41, 5.74) is 36.4. The van der Waals surface area contributed by atoms with E-state index in [0.29, 0.717) is 0 Å². The number of anilines is 12. The lowest BCUT2D eigenvalue weighted by atomic mass is 9.74. The highest BCUT2D eigenvalue weighted by atomic mass is 32.1. The van der Waals surface area contributed by atoms with Crippen LogP contribution in [0.5, 0.6) is 0 Å². The molecule has 0 aliphatic heterocycles. The summed E-state index contributed by atoms with van der Waals surface area (Å²) in [5.74, 6) is 0. The number of nitrogens with zero attached hydrogens (tertiary/aromatic N) is 4. The summed E-state index contributed by atoms with van der Waals surface area (Å²) in [7, 11) is 0. The summed E-state index contributed by atoms with van der Waals surface area (Å²) in [6.45, 7) is 19.6. The largest absolute Gasteiger partial charge is 0.456 e. The van der Waals surface area contributed by atoms with Gasteiger partial charge in [0.05, 0.1) is 11.4 Å². The van der Waals surface area contributed by atoms with Crippen molar-refractivity contribution >= 4 is 144 Å². The van der Waals surface area contributed by atoms with Crippen LogP contribution in [0.4, 0.5) is 68.2 Å². The minimum absolute atomic E-state index is 0.189. The molecule has 0 fully saturated rings. The average Bonchev–Trinajstić information content (AvgIpc) is 1.52. The minimum Gasteiger partial charge on any atom is -0.456 e. The van der Waals surface area contributed by atoms with Gasteiger partial charge in [-0.1, -0.05) is 286 Å². The number of hydrogen-bond acceptors (Lipinski definition) is 8. The van der Waals surface area contributed by atoms with Gasteiger partial charge in [0.2, 0.25) is 0 Å². The van der Waals surface area contributed by atoms with Crippen molar-refractivity contribution in [2.75, 3.05) is 19.6 Å². The van der Waals surface area contributed by atoms with Gasteiger partial charge in [-0.25, -0.2) is 0 Å². The molecule has 0 bridgehead atoms. The van der Waals surface area contributed by atoms with E-state index in [1.807, 2.05) is 40.1 Å². The Morgan fingerprint density at radius 2 is 0.492 bits per heavy atom. The van der Waals surface area contributed by atoms with Gasteiger partial charge in [0.1, 0.15) is 11.2 Å². The Morgan fingerprint density at radius 1 is 0.202 bits per heavy atom. The molecule has 124 heavy (non-hydrogen) atoms. The molecule has 8 heteroatoms. The lowest BCUT2D eigenvalue weighted by molar-refractivity contribution is 0.603. The number of fused-ring (bicyclic) bond motifs is 20. The van der Waals surface area contributed by atoms with Crippen molar-refractivity contribution in [3.05, 3.63) is 433 Å². The van der Waals surface area contributed by atoms with E-state index in [0.717, 1.165) is 73.1 Å². The molecular formula is C116H88N4OS3. The first-order chi connectivity index (χ1) is 60.5. The van der Waals surface area contributed by atoms with Crippen molar-refractivity contribution in [2.45, 2.75) is 77.0 Å². The summed E-state index contributed by atoms with van der Waals surface area (Å²) in [4.78, 5) is 15.4. The normalized spacial score (nSPS) is 14.1. The Balaban J connectivity index is 0.000000143. The molecule has 4 heterocycles. The van der Waals surface area contributed by atoms with E-state index in [9.17, 15) is 0 Å². The highest BCUT2D eigenvalue weighted by Gasteiger charge is 2.51. The van der Waals surface area contributed by atoms with Crippen LogP contribution in [0.15, 0.2) is 393 Å². The van der Waals surface area contributed by atoms with Crippen molar-refractivity contribution in [2.24, 2.45) is 0 Å². The summed E-state index contributed by atoms with van der Waals surface area (Å²) < 4.78 is 8.95. The summed E-state index contributed by atoms with van der Waals surface area (Å²) >= 11 is 5.84. The van der Waals surface area contributed by atoms with E-state index in [4.69, 9.17) is 4.42 Å². The number of para-hydroxylation sites is 7. The molecule has 4 aliphatic carbocycles. The Labute approximate surface area is 736 Å². The van der Waals surface area contributed by atoms with E-state index in [2.05, 4.69) is 457 Å². The quantitative estimate of drug-likeness (QED) is 0.108. The monoisotopic (exact) mass is 1650 g/mol. The molecule has 20 aromatic rings. The fraction of sp³-hybridized carbons (Fsp3) is 0.103. The Morgan fingerprint density at radius 3 is 0.895 bits per heavy atom. The van der Waals surface area contributed by atoms with Crippen molar-refractivity contribution in [1.82, 2.24) is 0 Å². The highest BCUT2D eigenvalue weighted by Crippen LogP contribution is 2.67. The van der Waals surface area contributed by atoms with Gasteiger partial charge in [-0.15, -0.1) is 34.0 Å². The SMILES string of the molecule is CC1(C)c2cc(N(c3ccccc3)c3ccccc3)ccc2-c2sc3c(c21)C(C)(C)c1cc(N(c2ccc4oc5ccccc5c4c2)c2ccccc2-c2ccccc2)ccc1-3.CC1(C)c2cc(N(c3ccccc3)c3ccccc3)ccc2-c2sc3c(c21)C(C)(C)c1cc(N(c2ccc4sc5ccccc5c4c2)c2ccccc2-c2ccccc2)ccc1-3. The van der Waals surface area contributed by atoms with Crippen LogP contribution in [0.3, 0.4) is 0 Å². The van der Waals surface area contributed by atoms with Crippen LogP contribution in [0.2, 0.25) is 0 Å². The first kappa shape index (κ1) is 75.1. The van der Waals surface area contributed by atoms with Crippen LogP contribution in [-0.4, -0.2) is 0 Å². The smallest absolute Gasteiger partial charge is 0.135 e. The molecule has 0 atom stereocenters. The summed E-state index contributed by atoms with van der Waals surface area (Å²) in [6, 6.07) is 142. The molecule has 0 amide bonds. The van der Waals surface area contributed by atoms with Crippen LogP contribution in [-0.2, 0) is 21.7 Å². The maximum atomic E-state index is 6.32. The molecule has 24 rings (SSSR count). The predicted molar refractivity (Wildman–Crippen MR) is 529 cm³/mol. The molecule has 0 N–H and O–H groups in total. The van der Waals surface area contributed by atoms with E-state index in [-0.39, 0.29) is 21.7 Å². The van der Waals surface area contributed by atoms with Crippen LogP contribution >= 0.6 is 34.0 Å². The van der Waals surface area contributed by atoms with Gasteiger partial charge < -0.3 is 24.0 Å². The predicted octanol–water partition coefficient (Wildman–Crippen LogP) is 34.2. The second-order valence-corrected chi connectivity index (χ2v) is 38.6. The second kappa shape index (κ2) is 28.9. The molecule has 0 saturated carbocycles. The third-order valence-electron chi connectivity index (χ3n) is 26.8. The van der Waals surface area contributed by atoms with Gasteiger partial charge in [0.15, 0.2) is 0 Å². The fourth-order valence-corrected chi connectivity index (χ4v) is 25.4. The number of furan rings is 1. The molecule has 16 aromatic carbocycles. The van der Waals surface area contributed by atoms with Gasteiger partial charge in [-0.05, 0) is 236 Å². The number of thiophene rings is 3. The lowest BCUT2D eigenvalue weighted by Crippen LogP contribution is -2.23. The minimum atomic E-state index is -0.234. The zero-order chi connectivity index (χ0) is 83.5. The maximum Gasteiger partial charge on any atom is 0.135 e.